The first kappa shape index (κ1) is 13.5. The van der Waals surface area contributed by atoms with Gasteiger partial charge in [-0.15, -0.1) is 0 Å². The topological polar surface area (TPSA) is 87.2 Å². The summed E-state index contributed by atoms with van der Waals surface area (Å²) >= 11 is 0. The number of ether oxygens (including phenoxy) is 1. The first-order chi connectivity index (χ1) is 7.90. The molecule has 6 nitrogen and oxygen atoms in total. The van der Waals surface area contributed by atoms with Crippen LogP contribution in [0.25, 0.3) is 0 Å². The Balaban J connectivity index is 2.44. The smallest absolute Gasteiger partial charge is 0.407 e. The number of hydrogen-bond acceptors (Lipinski definition) is 4. The molecule has 0 saturated carbocycles. The highest BCUT2D eigenvalue weighted by Gasteiger charge is 2.19. The minimum Gasteiger partial charge on any atom is -0.444 e. The second-order valence-corrected chi connectivity index (χ2v) is 4.81. The number of nitrogens with zero attached hydrogens (tertiary/aromatic N) is 1. The summed E-state index contributed by atoms with van der Waals surface area (Å²) in [6, 6.07) is -0.384. The number of carbonyl (C=O) groups excluding carboxylic acids is 1. The average Bonchev–Trinajstić information content (AvgIpc) is 2.66. The molecule has 17 heavy (non-hydrogen) atoms. The molecule has 96 valence electrons. The Morgan fingerprint density at radius 2 is 2.35 bits per heavy atom. The van der Waals surface area contributed by atoms with Crippen molar-refractivity contribution in [3.63, 3.8) is 0 Å². The zero-order valence-corrected chi connectivity index (χ0v) is 10.4. The van der Waals surface area contributed by atoms with Gasteiger partial charge in [-0.1, -0.05) is 0 Å². The molecule has 0 aliphatic carbocycles. The van der Waals surface area contributed by atoms with Crippen LogP contribution in [-0.2, 0) is 11.2 Å². The van der Waals surface area contributed by atoms with Crippen molar-refractivity contribution in [1.29, 1.82) is 0 Å². The zero-order chi connectivity index (χ0) is 12.9. The number of imidazole rings is 1. The lowest BCUT2D eigenvalue weighted by molar-refractivity contribution is 0.0482. The maximum Gasteiger partial charge on any atom is 0.407 e. The lowest BCUT2D eigenvalue weighted by Gasteiger charge is -2.22. The summed E-state index contributed by atoms with van der Waals surface area (Å²) in [5.74, 6) is 0. The van der Waals surface area contributed by atoms with E-state index in [-0.39, 0.29) is 12.6 Å². The van der Waals surface area contributed by atoms with Crippen LogP contribution in [0.15, 0.2) is 12.5 Å². The van der Waals surface area contributed by atoms with Gasteiger partial charge in [0.2, 0.25) is 0 Å². The molecule has 0 radical (unpaired) electrons. The van der Waals surface area contributed by atoms with Gasteiger partial charge < -0.3 is 20.1 Å². The quantitative estimate of drug-likeness (QED) is 0.729. The van der Waals surface area contributed by atoms with Crippen molar-refractivity contribution in [3.8, 4) is 0 Å². The Hall–Kier alpha value is -1.56. The Morgan fingerprint density at radius 3 is 2.82 bits per heavy atom. The largest absolute Gasteiger partial charge is 0.444 e. The summed E-state index contributed by atoms with van der Waals surface area (Å²) in [6.07, 6.45) is 3.16. The van der Waals surface area contributed by atoms with Crippen LogP contribution >= 0.6 is 0 Å². The van der Waals surface area contributed by atoms with E-state index in [9.17, 15) is 4.79 Å². The minimum absolute atomic E-state index is 0.155. The number of aromatic nitrogens is 2. The van der Waals surface area contributed by atoms with Crippen LogP contribution in [0.5, 0.6) is 0 Å². The van der Waals surface area contributed by atoms with Gasteiger partial charge in [0.15, 0.2) is 0 Å². The summed E-state index contributed by atoms with van der Waals surface area (Å²) in [7, 11) is 0. The Bertz CT molecular complexity index is 343. The highest BCUT2D eigenvalue weighted by Crippen LogP contribution is 2.07. The molecule has 1 heterocycles. The predicted molar refractivity (Wildman–Crippen MR) is 62.5 cm³/mol. The van der Waals surface area contributed by atoms with Gasteiger partial charge in [0.25, 0.3) is 0 Å². The van der Waals surface area contributed by atoms with Crippen LogP contribution in [0.3, 0.4) is 0 Å². The van der Waals surface area contributed by atoms with Gasteiger partial charge in [-0.25, -0.2) is 9.78 Å². The van der Waals surface area contributed by atoms with E-state index in [4.69, 9.17) is 9.84 Å². The number of alkyl carbamates (subject to hydrolysis) is 1. The van der Waals surface area contributed by atoms with E-state index < -0.39 is 11.7 Å². The van der Waals surface area contributed by atoms with Gasteiger partial charge >= 0.3 is 6.09 Å². The minimum atomic E-state index is -0.544. The number of carbonyl (C=O) groups is 1. The van der Waals surface area contributed by atoms with Crippen molar-refractivity contribution in [2.45, 2.75) is 38.8 Å². The molecule has 1 amide bonds. The molecule has 3 N–H and O–H groups in total. The zero-order valence-electron chi connectivity index (χ0n) is 10.4. The molecule has 1 rings (SSSR count). The van der Waals surface area contributed by atoms with Gasteiger partial charge in [0.1, 0.15) is 5.60 Å². The summed E-state index contributed by atoms with van der Waals surface area (Å²) in [4.78, 5) is 18.3. The van der Waals surface area contributed by atoms with E-state index in [0.717, 1.165) is 5.69 Å². The second kappa shape index (κ2) is 5.67. The Labute approximate surface area is 100 Å². The van der Waals surface area contributed by atoms with Crippen molar-refractivity contribution in [2.24, 2.45) is 0 Å². The van der Waals surface area contributed by atoms with Crippen LogP contribution in [0.2, 0.25) is 0 Å². The second-order valence-electron chi connectivity index (χ2n) is 4.81. The molecule has 0 fully saturated rings. The number of nitrogens with one attached hydrogen (secondary N) is 2. The molecule has 1 aromatic rings. The molecule has 1 atom stereocenters. The number of amides is 1. The highest BCUT2D eigenvalue weighted by atomic mass is 16.6. The molecule has 0 aliphatic rings. The fraction of sp³-hybridized carbons (Fsp3) is 0.636. The maximum atomic E-state index is 11.5. The third-order valence-corrected chi connectivity index (χ3v) is 1.96. The van der Waals surface area contributed by atoms with Gasteiger partial charge in [-0.05, 0) is 20.8 Å². The van der Waals surface area contributed by atoms with Crippen molar-refractivity contribution in [1.82, 2.24) is 15.3 Å². The predicted octanol–water partition coefficient (Wildman–Crippen LogP) is 0.838. The number of hydrogen-bond donors (Lipinski definition) is 3. The molecule has 0 spiro atoms. The Morgan fingerprint density at radius 1 is 1.65 bits per heavy atom. The standard InChI is InChI=1S/C11H19N3O3/c1-11(2,3)17-10(16)14-9(6-15)4-8-5-12-7-13-8/h5,7,9,15H,4,6H2,1-3H3,(H,12,13)(H,14,16)/t9-/m1/s1. The third kappa shape index (κ3) is 5.35. The number of aliphatic hydroxyl groups excluding tert-OH is 1. The van der Waals surface area contributed by atoms with Crippen molar-refractivity contribution in [3.05, 3.63) is 18.2 Å². The van der Waals surface area contributed by atoms with Crippen molar-refractivity contribution in [2.75, 3.05) is 6.61 Å². The van der Waals surface area contributed by atoms with Crippen molar-refractivity contribution < 1.29 is 14.6 Å². The summed E-state index contributed by atoms with van der Waals surface area (Å²) in [6.45, 7) is 5.21. The van der Waals surface area contributed by atoms with Gasteiger partial charge in [-0.3, -0.25) is 0 Å². The molecule has 0 unspecified atom stereocenters. The van der Waals surface area contributed by atoms with E-state index in [1.165, 1.54) is 0 Å². The highest BCUT2D eigenvalue weighted by molar-refractivity contribution is 5.68. The van der Waals surface area contributed by atoms with Crippen LogP contribution in [0.4, 0.5) is 4.79 Å². The number of rotatable bonds is 4. The Kier molecular flexibility index (Phi) is 4.51. The summed E-state index contributed by atoms with van der Waals surface area (Å²) < 4.78 is 5.10. The summed E-state index contributed by atoms with van der Waals surface area (Å²) in [5, 5.41) is 11.8. The lowest BCUT2D eigenvalue weighted by atomic mass is 10.2. The molecule has 0 aliphatic heterocycles. The number of aliphatic hydroxyl groups is 1. The fourth-order valence-electron chi connectivity index (χ4n) is 1.30. The number of H-pyrrole nitrogens is 1. The van der Waals surface area contributed by atoms with E-state index in [1.54, 1.807) is 33.3 Å². The van der Waals surface area contributed by atoms with Gasteiger partial charge in [0, 0.05) is 18.3 Å². The average molecular weight is 241 g/mol. The van der Waals surface area contributed by atoms with Gasteiger partial charge in [-0.2, -0.15) is 0 Å². The number of aromatic amines is 1. The van der Waals surface area contributed by atoms with Crippen LogP contribution in [0, 0.1) is 0 Å². The van der Waals surface area contributed by atoms with E-state index in [2.05, 4.69) is 15.3 Å². The molecule has 0 aromatic carbocycles. The molecular formula is C11H19N3O3. The van der Waals surface area contributed by atoms with Crippen LogP contribution < -0.4 is 5.32 Å². The first-order valence-corrected chi connectivity index (χ1v) is 5.48. The maximum absolute atomic E-state index is 11.5. The van der Waals surface area contributed by atoms with Crippen LogP contribution in [0.1, 0.15) is 26.5 Å². The van der Waals surface area contributed by atoms with Gasteiger partial charge in [0.05, 0.1) is 19.0 Å². The first-order valence-electron chi connectivity index (χ1n) is 5.48. The lowest BCUT2D eigenvalue weighted by Crippen LogP contribution is -2.42. The van der Waals surface area contributed by atoms with E-state index >= 15 is 0 Å². The summed E-state index contributed by atoms with van der Waals surface area (Å²) in [5.41, 5.74) is 0.304. The monoisotopic (exact) mass is 241 g/mol. The molecule has 0 bridgehead atoms. The third-order valence-electron chi connectivity index (χ3n) is 1.96. The molecular weight excluding hydrogens is 222 g/mol. The molecule has 1 aromatic heterocycles. The van der Waals surface area contributed by atoms with Crippen LogP contribution in [-0.4, -0.2) is 39.4 Å². The molecule has 0 saturated heterocycles. The van der Waals surface area contributed by atoms with E-state index in [1.807, 2.05) is 0 Å². The van der Waals surface area contributed by atoms with E-state index in [0.29, 0.717) is 6.42 Å². The SMILES string of the molecule is CC(C)(C)OC(=O)N[C@@H](CO)Cc1cnc[nH]1. The fourth-order valence-corrected chi connectivity index (χ4v) is 1.30. The van der Waals surface area contributed by atoms with Crippen molar-refractivity contribution >= 4 is 6.09 Å². The normalized spacial score (nSPS) is 13.2. The molecule has 6 heteroatoms.